The van der Waals surface area contributed by atoms with Crippen LogP contribution in [0, 0.1) is 0 Å². The Morgan fingerprint density at radius 3 is 2.66 bits per heavy atom. The van der Waals surface area contributed by atoms with Crippen LogP contribution >= 0.6 is 10.6 Å². The number of rotatable bonds is 6. The number of aromatic nitrogens is 1. The van der Waals surface area contributed by atoms with Crippen molar-refractivity contribution in [1.29, 1.82) is 0 Å². The molecule has 7 heteroatoms. The topological polar surface area (TPSA) is 75.1 Å². The summed E-state index contributed by atoms with van der Waals surface area (Å²) in [4.78, 5) is 6.65. The van der Waals surface area contributed by atoms with Gasteiger partial charge in [-0.25, -0.2) is 4.98 Å². The third-order valence-corrected chi connectivity index (χ3v) is 7.92. The van der Waals surface area contributed by atoms with Gasteiger partial charge in [0.2, 0.25) is 0 Å². The van der Waals surface area contributed by atoms with E-state index in [4.69, 9.17) is 9.47 Å². The second-order valence-electron chi connectivity index (χ2n) is 7.82. The van der Waals surface area contributed by atoms with Gasteiger partial charge in [0.15, 0.2) is 10.8 Å². The number of piperidine rings is 1. The molecule has 2 aromatic rings. The molecule has 4 rings (SSSR count). The second kappa shape index (κ2) is 8.92. The molecule has 6 nitrogen and oxygen atoms in total. The molecule has 158 valence electrons. The third-order valence-electron chi connectivity index (χ3n) is 5.76. The smallest absolute Gasteiger partial charge is 0.189 e. The van der Waals surface area contributed by atoms with Crippen molar-refractivity contribution in [1.82, 2.24) is 9.88 Å². The summed E-state index contributed by atoms with van der Waals surface area (Å²) in [5.74, 6) is 1.26. The summed E-state index contributed by atoms with van der Waals surface area (Å²) in [6.45, 7) is 6.02. The van der Waals surface area contributed by atoms with Gasteiger partial charge in [0.1, 0.15) is 11.9 Å². The number of nitrogens with zero attached hydrogens (tertiary/aromatic N) is 2. The van der Waals surface area contributed by atoms with E-state index < -0.39 is 21.9 Å². The van der Waals surface area contributed by atoms with E-state index in [1.807, 2.05) is 24.3 Å². The first-order chi connectivity index (χ1) is 14.1. The monoisotopic (exact) mass is 418 g/mol. The molecule has 29 heavy (non-hydrogen) atoms. The number of benzene rings is 1. The molecule has 2 aliphatic rings. The Bertz CT molecular complexity index is 809. The lowest BCUT2D eigenvalue weighted by atomic mass is 10.1. The van der Waals surface area contributed by atoms with E-state index in [1.165, 1.54) is 32.4 Å². The van der Waals surface area contributed by atoms with Gasteiger partial charge in [0.25, 0.3) is 0 Å². The Hall–Kier alpha value is -1.80. The van der Waals surface area contributed by atoms with E-state index in [9.17, 15) is 9.11 Å². The van der Waals surface area contributed by atoms with Crippen LogP contribution < -0.4 is 9.47 Å². The molecule has 3 heterocycles. The summed E-state index contributed by atoms with van der Waals surface area (Å²) in [6.07, 6.45) is 6.13. The lowest BCUT2D eigenvalue weighted by Crippen LogP contribution is -2.32. The molecule has 1 saturated heterocycles. The Kier molecular flexibility index (Phi) is 6.29. The molecule has 0 saturated carbocycles. The zero-order valence-corrected chi connectivity index (χ0v) is 17.7. The molecular weight excluding hydrogens is 388 g/mol. The van der Waals surface area contributed by atoms with Gasteiger partial charge < -0.3 is 14.4 Å². The van der Waals surface area contributed by atoms with Gasteiger partial charge in [0, 0.05) is 12.7 Å². The average molecular weight is 419 g/mol. The van der Waals surface area contributed by atoms with Gasteiger partial charge in [-0.2, -0.15) is 0 Å². The third kappa shape index (κ3) is 4.53. The van der Waals surface area contributed by atoms with Crippen molar-refractivity contribution in [3.05, 3.63) is 48.2 Å². The highest BCUT2D eigenvalue weighted by molar-refractivity contribution is 8.24. The van der Waals surface area contributed by atoms with Gasteiger partial charge in [0.05, 0.1) is 11.9 Å². The second-order valence-corrected chi connectivity index (χ2v) is 10.1. The van der Waals surface area contributed by atoms with Crippen LogP contribution in [0.3, 0.4) is 0 Å². The molecular formula is C22H30N2O4S. The minimum Gasteiger partial charge on any atom is -0.494 e. The van der Waals surface area contributed by atoms with Crippen LogP contribution in [-0.4, -0.2) is 50.5 Å². The first-order valence-corrected chi connectivity index (χ1v) is 12.0. The first-order valence-electron chi connectivity index (χ1n) is 10.4. The maximum Gasteiger partial charge on any atom is 0.189 e. The summed E-state index contributed by atoms with van der Waals surface area (Å²) in [5, 5.41) is -0.237. The predicted molar refractivity (Wildman–Crippen MR) is 115 cm³/mol. The van der Waals surface area contributed by atoms with Crippen LogP contribution in [0.25, 0.3) is 0 Å². The highest BCUT2D eigenvalue weighted by atomic mass is 32.3. The molecule has 0 bridgehead atoms. The molecule has 1 aromatic heterocycles. The molecule has 1 aromatic carbocycles. The van der Waals surface area contributed by atoms with Crippen molar-refractivity contribution >= 4 is 10.6 Å². The Morgan fingerprint density at radius 1 is 1.14 bits per heavy atom. The van der Waals surface area contributed by atoms with E-state index in [0.29, 0.717) is 12.4 Å². The van der Waals surface area contributed by atoms with Crippen LogP contribution in [0.1, 0.15) is 44.3 Å². The molecule has 2 N–H and O–H groups in total. The molecule has 1 unspecified atom stereocenters. The number of hydrogen-bond donors (Lipinski definition) is 2. The van der Waals surface area contributed by atoms with Crippen molar-refractivity contribution in [3.8, 4) is 11.5 Å². The Morgan fingerprint density at radius 2 is 1.90 bits per heavy atom. The van der Waals surface area contributed by atoms with E-state index in [0.717, 1.165) is 24.3 Å². The zero-order valence-electron chi connectivity index (χ0n) is 16.9. The molecule has 2 atom stereocenters. The van der Waals surface area contributed by atoms with Crippen molar-refractivity contribution in [3.63, 3.8) is 0 Å². The molecule has 2 aliphatic heterocycles. The molecule has 0 spiro atoms. The van der Waals surface area contributed by atoms with Crippen LogP contribution in [0.4, 0.5) is 0 Å². The van der Waals surface area contributed by atoms with Gasteiger partial charge in [-0.05, 0) is 69.1 Å². The van der Waals surface area contributed by atoms with Crippen LogP contribution in [0.5, 0.6) is 11.5 Å². The van der Waals surface area contributed by atoms with Crippen molar-refractivity contribution < 1.29 is 18.6 Å². The standard InChI is InChI=1S/C22H30N2O4S/c1-17-21(28-20-7-5-12-23-22(20)29(17,25)26)18-8-10-19(11-9-18)27-16-6-15-24-13-3-2-4-14-24/h5,7-12,17,21,25-26H,2-4,6,13-16H2,1H3/t17-,21?/m0/s1. The summed E-state index contributed by atoms with van der Waals surface area (Å²) >= 11 is 0. The maximum absolute atomic E-state index is 10.7. The number of hydrogen-bond acceptors (Lipinski definition) is 6. The summed E-state index contributed by atoms with van der Waals surface area (Å²) in [6, 6.07) is 11.2. The molecule has 0 amide bonds. The lowest BCUT2D eigenvalue weighted by Gasteiger charge is -2.45. The average Bonchev–Trinajstić information content (AvgIpc) is 2.75. The first kappa shape index (κ1) is 20.5. The van der Waals surface area contributed by atoms with Gasteiger partial charge in [-0.3, -0.25) is 9.11 Å². The van der Waals surface area contributed by atoms with Gasteiger partial charge >= 0.3 is 0 Å². The fraction of sp³-hybridized carbons (Fsp3) is 0.500. The fourth-order valence-electron chi connectivity index (χ4n) is 4.03. The maximum atomic E-state index is 10.7. The zero-order chi connectivity index (χ0) is 20.3. The van der Waals surface area contributed by atoms with Gasteiger partial charge in [-0.1, -0.05) is 18.6 Å². The Labute approximate surface area is 174 Å². The molecule has 1 fully saturated rings. The van der Waals surface area contributed by atoms with Crippen molar-refractivity contribution in [2.24, 2.45) is 0 Å². The lowest BCUT2D eigenvalue weighted by molar-refractivity contribution is 0.178. The normalized spacial score (nSPS) is 24.9. The van der Waals surface area contributed by atoms with Crippen LogP contribution in [0.15, 0.2) is 47.6 Å². The molecule has 0 aliphatic carbocycles. The van der Waals surface area contributed by atoms with Crippen molar-refractivity contribution in [2.45, 2.75) is 49.0 Å². The largest absolute Gasteiger partial charge is 0.494 e. The summed E-state index contributed by atoms with van der Waals surface area (Å²) in [5.41, 5.74) is 0.896. The Balaban J connectivity index is 1.35. The van der Waals surface area contributed by atoms with Crippen molar-refractivity contribution in [2.75, 3.05) is 26.2 Å². The summed E-state index contributed by atoms with van der Waals surface area (Å²) < 4.78 is 33.4. The van der Waals surface area contributed by atoms with Crippen LogP contribution in [-0.2, 0) is 0 Å². The van der Waals surface area contributed by atoms with E-state index >= 15 is 0 Å². The minimum atomic E-state index is -3.03. The van der Waals surface area contributed by atoms with Crippen LogP contribution in [0.2, 0.25) is 0 Å². The number of fused-ring (bicyclic) bond motifs is 1. The highest BCUT2D eigenvalue weighted by Gasteiger charge is 2.41. The SMILES string of the molecule is C[C@H]1C(c2ccc(OCCCN3CCCCC3)cc2)Oc2cccnc2S1(O)O. The fourth-order valence-corrected chi connectivity index (χ4v) is 5.56. The molecule has 0 radical (unpaired) electrons. The quantitative estimate of drug-likeness (QED) is 0.645. The minimum absolute atomic E-state index is 0.248. The van der Waals surface area contributed by atoms with E-state index in [1.54, 1.807) is 25.3 Å². The summed E-state index contributed by atoms with van der Waals surface area (Å²) in [7, 11) is -3.03. The number of likely N-dealkylation sites (tertiary alicyclic amines) is 1. The predicted octanol–water partition coefficient (Wildman–Crippen LogP) is 4.97. The highest BCUT2D eigenvalue weighted by Crippen LogP contribution is 2.62. The number of ether oxygens (including phenoxy) is 2. The van der Waals surface area contributed by atoms with E-state index in [2.05, 4.69) is 9.88 Å². The van der Waals surface area contributed by atoms with E-state index in [-0.39, 0.29) is 5.03 Å². The van der Waals surface area contributed by atoms with Gasteiger partial charge in [-0.15, -0.1) is 10.6 Å². The number of pyridine rings is 1.